The lowest BCUT2D eigenvalue weighted by Gasteiger charge is -2.31. The van der Waals surface area contributed by atoms with E-state index in [1.165, 1.54) is 11.0 Å². The lowest BCUT2D eigenvalue weighted by molar-refractivity contribution is -0.137. The number of rotatable bonds is 8. The number of hydrogen-bond acceptors (Lipinski definition) is 4. The predicted molar refractivity (Wildman–Crippen MR) is 130 cm³/mol. The second kappa shape index (κ2) is 11.5. The normalized spacial score (nSPS) is 11.8. The van der Waals surface area contributed by atoms with Crippen molar-refractivity contribution in [2.75, 3.05) is 18.4 Å². The summed E-state index contributed by atoms with van der Waals surface area (Å²) in [6.45, 7) is 10.5. The number of nitrogens with zero attached hydrogens (tertiary/aromatic N) is 1. The van der Waals surface area contributed by atoms with Crippen LogP contribution in [-0.2, 0) is 14.3 Å². The van der Waals surface area contributed by atoms with Crippen molar-refractivity contribution in [3.8, 4) is 0 Å². The molecule has 0 aromatic heterocycles. The number of amides is 3. The third kappa shape index (κ3) is 7.64. The van der Waals surface area contributed by atoms with Crippen LogP contribution in [0.3, 0.4) is 0 Å². The summed E-state index contributed by atoms with van der Waals surface area (Å²) in [5, 5.41) is 5.70. The van der Waals surface area contributed by atoms with E-state index in [-0.39, 0.29) is 13.1 Å². The van der Waals surface area contributed by atoms with Crippen LogP contribution in [0.1, 0.15) is 37.9 Å². The molecule has 2 rings (SSSR count). The molecule has 0 saturated heterocycles. The maximum absolute atomic E-state index is 13.5. The van der Waals surface area contributed by atoms with E-state index in [0.717, 1.165) is 5.56 Å². The molecule has 0 radical (unpaired) electrons. The molecule has 3 amide bonds. The number of alkyl carbamates (subject to hydrolysis) is 1. The van der Waals surface area contributed by atoms with Gasteiger partial charge in [-0.3, -0.25) is 9.59 Å². The first-order valence-corrected chi connectivity index (χ1v) is 10.9. The monoisotopic (exact) mass is 471 g/mol. The number of halogens is 1. The van der Waals surface area contributed by atoms with Gasteiger partial charge >= 0.3 is 6.09 Å². The smallest absolute Gasteiger partial charge is 0.408 e. The van der Waals surface area contributed by atoms with Crippen LogP contribution in [-0.4, -0.2) is 41.5 Å². The van der Waals surface area contributed by atoms with E-state index in [4.69, 9.17) is 16.3 Å². The fourth-order valence-electron chi connectivity index (χ4n) is 3.14. The van der Waals surface area contributed by atoms with Gasteiger partial charge in [0.25, 0.3) is 5.91 Å². The van der Waals surface area contributed by atoms with Gasteiger partial charge in [0.2, 0.25) is 5.91 Å². The molecule has 2 N–H and O–H groups in total. The van der Waals surface area contributed by atoms with Crippen molar-refractivity contribution in [2.24, 2.45) is 0 Å². The molecule has 0 bridgehead atoms. The first kappa shape index (κ1) is 25.9. The molecular weight excluding hydrogens is 442 g/mol. The Bertz CT molecular complexity index is 982. The molecule has 0 saturated carbocycles. The van der Waals surface area contributed by atoms with Gasteiger partial charge in [0.05, 0.1) is 10.7 Å². The number of hydrogen-bond donors (Lipinski definition) is 2. The minimum atomic E-state index is -0.979. The van der Waals surface area contributed by atoms with Crippen molar-refractivity contribution in [3.05, 3.63) is 77.3 Å². The van der Waals surface area contributed by atoms with Gasteiger partial charge in [-0.05, 0) is 44.9 Å². The Morgan fingerprint density at radius 3 is 2.36 bits per heavy atom. The quantitative estimate of drug-likeness (QED) is 0.538. The van der Waals surface area contributed by atoms with Gasteiger partial charge in [0.15, 0.2) is 0 Å². The standard InChI is InChI=1S/C25H30ClN3O4/c1-6-15-29(20(30)16-27-24(32)33-25(3,4)5)22(18-12-8-7-9-13-18)23(31)28-21-17(2)11-10-14-19(21)26/h6-14,22H,1,15-16H2,2-5H3,(H,27,32)(H,28,31). The van der Waals surface area contributed by atoms with E-state index in [9.17, 15) is 14.4 Å². The van der Waals surface area contributed by atoms with Crippen molar-refractivity contribution >= 4 is 35.2 Å². The highest BCUT2D eigenvalue weighted by Crippen LogP contribution is 2.29. The highest BCUT2D eigenvalue weighted by atomic mass is 35.5. The van der Waals surface area contributed by atoms with E-state index >= 15 is 0 Å². The highest BCUT2D eigenvalue weighted by Gasteiger charge is 2.31. The van der Waals surface area contributed by atoms with Crippen molar-refractivity contribution in [1.82, 2.24) is 10.2 Å². The number of aryl methyl sites for hydroxylation is 1. The van der Waals surface area contributed by atoms with Crippen molar-refractivity contribution < 1.29 is 19.1 Å². The van der Waals surface area contributed by atoms with Crippen LogP contribution in [0, 0.1) is 6.92 Å². The van der Waals surface area contributed by atoms with Crippen LogP contribution in [0.25, 0.3) is 0 Å². The van der Waals surface area contributed by atoms with Crippen LogP contribution >= 0.6 is 11.6 Å². The van der Waals surface area contributed by atoms with Crippen LogP contribution in [0.2, 0.25) is 5.02 Å². The lowest BCUT2D eigenvalue weighted by atomic mass is 10.0. The van der Waals surface area contributed by atoms with Gasteiger partial charge in [-0.15, -0.1) is 6.58 Å². The first-order chi connectivity index (χ1) is 15.5. The fraction of sp³-hybridized carbons (Fsp3) is 0.320. The average molecular weight is 472 g/mol. The van der Waals surface area contributed by atoms with E-state index in [1.54, 1.807) is 57.2 Å². The molecule has 33 heavy (non-hydrogen) atoms. The van der Waals surface area contributed by atoms with Gasteiger partial charge in [0.1, 0.15) is 18.2 Å². The van der Waals surface area contributed by atoms with Crippen molar-refractivity contribution in [1.29, 1.82) is 0 Å². The van der Waals surface area contributed by atoms with Crippen LogP contribution in [0.15, 0.2) is 61.2 Å². The molecule has 0 fully saturated rings. The van der Waals surface area contributed by atoms with Crippen LogP contribution in [0.5, 0.6) is 0 Å². The second-order valence-corrected chi connectivity index (χ2v) is 8.83. The summed E-state index contributed by atoms with van der Waals surface area (Å²) in [6, 6.07) is 13.2. The number of nitrogens with one attached hydrogen (secondary N) is 2. The van der Waals surface area contributed by atoms with Gasteiger partial charge in [-0.1, -0.05) is 60.1 Å². The Kier molecular flexibility index (Phi) is 9.05. The molecule has 0 aliphatic heterocycles. The van der Waals surface area contributed by atoms with E-state index < -0.39 is 29.6 Å². The molecule has 0 aliphatic carbocycles. The number of anilines is 1. The summed E-state index contributed by atoms with van der Waals surface area (Å²) in [4.78, 5) is 39.9. The predicted octanol–water partition coefficient (Wildman–Crippen LogP) is 4.87. The van der Waals surface area contributed by atoms with Crippen molar-refractivity contribution in [3.63, 3.8) is 0 Å². The molecule has 1 unspecified atom stereocenters. The fourth-order valence-corrected chi connectivity index (χ4v) is 3.41. The summed E-state index contributed by atoms with van der Waals surface area (Å²) in [7, 11) is 0. The summed E-state index contributed by atoms with van der Waals surface area (Å²) in [5.74, 6) is -0.912. The Labute approximate surface area is 199 Å². The van der Waals surface area contributed by atoms with Crippen LogP contribution < -0.4 is 10.6 Å². The largest absolute Gasteiger partial charge is 0.444 e. The molecule has 1 atom stereocenters. The van der Waals surface area contributed by atoms with Crippen molar-refractivity contribution in [2.45, 2.75) is 39.3 Å². The SMILES string of the molecule is C=CCN(C(=O)CNC(=O)OC(C)(C)C)C(C(=O)Nc1c(C)cccc1Cl)c1ccccc1. The zero-order valence-electron chi connectivity index (χ0n) is 19.4. The minimum absolute atomic E-state index is 0.0866. The van der Waals surface area contributed by atoms with Crippen LogP contribution in [0.4, 0.5) is 10.5 Å². The average Bonchev–Trinajstić information content (AvgIpc) is 2.74. The Morgan fingerprint density at radius 2 is 1.79 bits per heavy atom. The third-order valence-corrected chi connectivity index (χ3v) is 4.89. The topological polar surface area (TPSA) is 87.7 Å². The van der Waals surface area contributed by atoms with Gasteiger partial charge < -0.3 is 20.3 Å². The maximum Gasteiger partial charge on any atom is 0.408 e. The lowest BCUT2D eigenvalue weighted by Crippen LogP contribution is -2.46. The Balaban J connectivity index is 2.32. The summed E-state index contributed by atoms with van der Waals surface area (Å²) < 4.78 is 5.19. The number of carbonyl (C=O) groups is 3. The summed E-state index contributed by atoms with van der Waals surface area (Å²) >= 11 is 6.29. The Hall–Kier alpha value is -3.32. The molecule has 0 spiro atoms. The molecule has 2 aromatic carbocycles. The molecule has 2 aromatic rings. The zero-order chi connectivity index (χ0) is 24.6. The highest BCUT2D eigenvalue weighted by molar-refractivity contribution is 6.34. The van der Waals surface area contributed by atoms with E-state index in [2.05, 4.69) is 17.2 Å². The first-order valence-electron chi connectivity index (χ1n) is 10.5. The third-order valence-electron chi connectivity index (χ3n) is 4.57. The van der Waals surface area contributed by atoms with E-state index in [0.29, 0.717) is 16.3 Å². The molecule has 8 heteroatoms. The number of para-hydroxylation sites is 1. The maximum atomic E-state index is 13.5. The number of carbonyl (C=O) groups excluding carboxylic acids is 3. The van der Waals surface area contributed by atoms with E-state index in [1.807, 2.05) is 19.1 Å². The summed E-state index contributed by atoms with van der Waals surface area (Å²) in [5.41, 5.74) is 1.17. The molecular formula is C25H30ClN3O4. The zero-order valence-corrected chi connectivity index (χ0v) is 20.1. The van der Waals surface area contributed by atoms with Gasteiger partial charge in [-0.25, -0.2) is 4.79 Å². The number of benzene rings is 2. The van der Waals surface area contributed by atoms with Gasteiger partial charge in [-0.2, -0.15) is 0 Å². The van der Waals surface area contributed by atoms with Gasteiger partial charge in [0, 0.05) is 6.54 Å². The number of ether oxygens (including phenoxy) is 1. The molecule has 7 nitrogen and oxygen atoms in total. The Morgan fingerprint density at radius 1 is 1.12 bits per heavy atom. The summed E-state index contributed by atoms with van der Waals surface area (Å²) in [6.07, 6.45) is 0.803. The minimum Gasteiger partial charge on any atom is -0.444 e. The molecule has 0 heterocycles. The second-order valence-electron chi connectivity index (χ2n) is 8.42. The molecule has 0 aliphatic rings. The molecule has 176 valence electrons.